The first kappa shape index (κ1) is 38.3. The summed E-state index contributed by atoms with van der Waals surface area (Å²) in [5, 5.41) is 7.46. The van der Waals surface area contributed by atoms with E-state index in [9.17, 15) is 8.42 Å². The first-order valence-electron chi connectivity index (χ1n) is 18.1. The molecule has 262 valence electrons. The van der Waals surface area contributed by atoms with Gasteiger partial charge in [0.15, 0.2) is 9.84 Å². The Morgan fingerprint density at radius 2 is 1.57 bits per heavy atom. The number of unbranched alkanes of at least 4 members (excludes halogenated alkanes) is 4. The summed E-state index contributed by atoms with van der Waals surface area (Å²) < 4.78 is 29.4. The third kappa shape index (κ3) is 9.59. The van der Waals surface area contributed by atoms with Crippen molar-refractivity contribution >= 4 is 38.4 Å². The van der Waals surface area contributed by atoms with Crippen LogP contribution in [0.3, 0.4) is 0 Å². The summed E-state index contributed by atoms with van der Waals surface area (Å²) in [6.45, 7) is 9.95. The SMILES string of the molecule is CCCCC1(CCCC)CS(=O)(=O)c2ccc(N(C)C)cc2C(c2ccc(NC(=S)CCCCC[N+]34CCC(CC3)CC4)cc2)N1.[Br-]. The summed E-state index contributed by atoms with van der Waals surface area (Å²) >= 11 is 5.77. The molecule has 2 bridgehead atoms. The predicted octanol–water partition coefficient (Wildman–Crippen LogP) is 5.27. The van der Waals surface area contributed by atoms with Crippen molar-refractivity contribution in [2.24, 2.45) is 5.92 Å². The Balaban J connectivity index is 0.00000500. The number of fused-ring (bicyclic) bond motifs is 4. The molecule has 4 heterocycles. The molecule has 2 N–H and O–H groups in total. The highest BCUT2D eigenvalue weighted by molar-refractivity contribution is 7.91. The zero-order valence-corrected chi connectivity index (χ0v) is 32.5. The summed E-state index contributed by atoms with van der Waals surface area (Å²) in [6.07, 6.45) is 14.7. The van der Waals surface area contributed by atoms with Crippen LogP contribution in [0.25, 0.3) is 0 Å². The summed E-state index contributed by atoms with van der Waals surface area (Å²) in [5.41, 5.74) is 3.45. The molecule has 0 spiro atoms. The molecular weight excluding hydrogens is 688 g/mol. The maximum Gasteiger partial charge on any atom is 0.180 e. The molecule has 2 aromatic rings. The minimum atomic E-state index is -3.49. The van der Waals surface area contributed by atoms with Gasteiger partial charge in [-0.05, 0) is 105 Å². The maximum atomic E-state index is 14.0. The largest absolute Gasteiger partial charge is 1.00 e. The molecule has 1 unspecified atom stereocenters. The number of anilines is 2. The van der Waals surface area contributed by atoms with Crippen molar-refractivity contribution in [3.8, 4) is 0 Å². The van der Waals surface area contributed by atoms with E-state index in [1.807, 2.05) is 31.1 Å². The Hall–Kier alpha value is -1.52. The summed E-state index contributed by atoms with van der Waals surface area (Å²) in [7, 11) is 0.521. The van der Waals surface area contributed by atoms with E-state index >= 15 is 0 Å². The topological polar surface area (TPSA) is 61.4 Å². The van der Waals surface area contributed by atoms with E-state index < -0.39 is 15.4 Å². The molecule has 9 heteroatoms. The van der Waals surface area contributed by atoms with Gasteiger partial charge in [-0.3, -0.25) is 5.32 Å². The second-order valence-electron chi connectivity index (χ2n) is 14.9. The van der Waals surface area contributed by atoms with Gasteiger partial charge < -0.3 is 31.7 Å². The van der Waals surface area contributed by atoms with E-state index in [2.05, 4.69) is 54.8 Å². The van der Waals surface area contributed by atoms with E-state index in [1.165, 1.54) is 62.8 Å². The zero-order valence-electron chi connectivity index (χ0n) is 29.3. The molecule has 0 saturated carbocycles. The number of benzene rings is 2. The fraction of sp³-hybridized carbons (Fsp3) is 0.658. The highest BCUT2D eigenvalue weighted by Gasteiger charge is 2.43. The molecule has 3 fully saturated rings. The minimum absolute atomic E-state index is 0. The van der Waals surface area contributed by atoms with Crippen molar-refractivity contribution in [2.75, 3.05) is 56.2 Å². The van der Waals surface area contributed by atoms with Crippen LogP contribution in [0.2, 0.25) is 0 Å². The molecule has 6 rings (SSSR count). The van der Waals surface area contributed by atoms with Gasteiger partial charge in [0.25, 0.3) is 0 Å². The lowest BCUT2D eigenvalue weighted by Gasteiger charge is -2.49. The standard InChI is InChI=1S/C38H58N4O2S2.BrH/c1-5-7-22-38(23-8-6-2)29-46(43,44)35-18-17-33(41(3)4)28-34(35)37(40-38)31-13-15-32(16-14-31)39-36(45)12-10-9-11-24-42-25-19-30(20-26-42)21-27-42;/h13-18,28,30,37,40H,5-12,19-27,29H2,1-4H3;1H. The van der Waals surface area contributed by atoms with Gasteiger partial charge >= 0.3 is 0 Å². The highest BCUT2D eigenvalue weighted by atomic mass is 79.9. The van der Waals surface area contributed by atoms with Crippen LogP contribution in [0, 0.1) is 5.92 Å². The minimum Gasteiger partial charge on any atom is -1.00 e. The van der Waals surface area contributed by atoms with Gasteiger partial charge in [0.05, 0.1) is 47.9 Å². The van der Waals surface area contributed by atoms with E-state index in [0.29, 0.717) is 4.90 Å². The quantitative estimate of drug-likeness (QED) is 0.147. The number of sulfone groups is 1. The first-order chi connectivity index (χ1) is 22.1. The van der Waals surface area contributed by atoms with Gasteiger partial charge in [-0.2, -0.15) is 0 Å². The lowest BCUT2D eigenvalue weighted by atomic mass is 9.85. The lowest BCUT2D eigenvalue weighted by molar-refractivity contribution is -0.942. The monoisotopic (exact) mass is 746 g/mol. The smallest absolute Gasteiger partial charge is 0.180 e. The number of piperidine rings is 3. The zero-order chi connectivity index (χ0) is 32.8. The van der Waals surface area contributed by atoms with Gasteiger partial charge in [0, 0.05) is 31.0 Å². The van der Waals surface area contributed by atoms with Crippen LogP contribution in [0.15, 0.2) is 47.4 Å². The molecule has 0 amide bonds. The normalized spacial score (nSPS) is 24.1. The number of quaternary nitrogens is 1. The molecule has 4 aliphatic heterocycles. The molecule has 0 aromatic heterocycles. The molecule has 2 aromatic carbocycles. The molecule has 1 atom stereocenters. The number of nitrogens with zero attached hydrogens (tertiary/aromatic N) is 2. The third-order valence-electron chi connectivity index (χ3n) is 11.2. The van der Waals surface area contributed by atoms with Gasteiger partial charge in [-0.25, -0.2) is 8.42 Å². The number of hydrogen-bond acceptors (Lipinski definition) is 5. The molecule has 3 saturated heterocycles. The van der Waals surface area contributed by atoms with E-state index in [0.717, 1.165) is 84.8 Å². The maximum absolute atomic E-state index is 14.0. The molecule has 0 aliphatic carbocycles. The van der Waals surface area contributed by atoms with Crippen LogP contribution in [0.4, 0.5) is 11.4 Å². The van der Waals surface area contributed by atoms with Crippen molar-refractivity contribution in [2.45, 2.75) is 114 Å². The average molecular weight is 748 g/mol. The highest BCUT2D eigenvalue weighted by Crippen LogP contribution is 2.40. The van der Waals surface area contributed by atoms with Gasteiger partial charge in [0.2, 0.25) is 0 Å². The van der Waals surface area contributed by atoms with Crippen LogP contribution in [0.1, 0.15) is 114 Å². The second-order valence-corrected chi connectivity index (χ2v) is 17.3. The van der Waals surface area contributed by atoms with Crippen molar-refractivity contribution in [1.29, 1.82) is 0 Å². The number of hydrogen-bond donors (Lipinski definition) is 2. The van der Waals surface area contributed by atoms with Crippen molar-refractivity contribution in [3.05, 3.63) is 53.6 Å². The van der Waals surface area contributed by atoms with Crippen LogP contribution in [0.5, 0.6) is 0 Å². The Bertz CT molecular complexity index is 1400. The summed E-state index contributed by atoms with van der Waals surface area (Å²) in [6, 6.07) is 14.1. The average Bonchev–Trinajstić information content (AvgIpc) is 3.15. The third-order valence-corrected chi connectivity index (χ3v) is 13.5. The van der Waals surface area contributed by atoms with Crippen LogP contribution >= 0.6 is 12.2 Å². The Kier molecular flexibility index (Phi) is 13.8. The van der Waals surface area contributed by atoms with E-state index in [1.54, 1.807) is 0 Å². The van der Waals surface area contributed by atoms with Crippen molar-refractivity contribution in [1.82, 2.24) is 5.32 Å². The van der Waals surface area contributed by atoms with Crippen molar-refractivity contribution < 1.29 is 29.9 Å². The van der Waals surface area contributed by atoms with Crippen LogP contribution in [-0.4, -0.2) is 69.5 Å². The molecule has 47 heavy (non-hydrogen) atoms. The van der Waals surface area contributed by atoms with Crippen LogP contribution in [-0.2, 0) is 9.84 Å². The molecule has 6 nitrogen and oxygen atoms in total. The van der Waals surface area contributed by atoms with Crippen LogP contribution < -0.4 is 32.5 Å². The predicted molar refractivity (Wildman–Crippen MR) is 198 cm³/mol. The molecule has 0 radical (unpaired) electrons. The van der Waals surface area contributed by atoms with E-state index in [-0.39, 0.29) is 28.8 Å². The van der Waals surface area contributed by atoms with Gasteiger partial charge in [-0.15, -0.1) is 0 Å². The fourth-order valence-electron chi connectivity index (χ4n) is 8.26. The fourth-order valence-corrected chi connectivity index (χ4v) is 10.6. The van der Waals surface area contributed by atoms with Crippen molar-refractivity contribution in [3.63, 3.8) is 0 Å². The number of thiocarbonyl (C=S) groups is 1. The lowest BCUT2D eigenvalue weighted by Crippen LogP contribution is -3.00. The molecular formula is C38H59BrN4O2S2. The second kappa shape index (κ2) is 16.9. The summed E-state index contributed by atoms with van der Waals surface area (Å²) in [5.74, 6) is 1.16. The number of halogens is 1. The van der Waals surface area contributed by atoms with Gasteiger partial charge in [-0.1, -0.05) is 63.9 Å². The Morgan fingerprint density at radius 3 is 2.17 bits per heavy atom. The Labute approximate surface area is 301 Å². The van der Waals surface area contributed by atoms with E-state index in [4.69, 9.17) is 12.2 Å². The number of rotatable bonds is 15. The first-order valence-corrected chi connectivity index (χ1v) is 20.2. The number of nitrogens with one attached hydrogen (secondary N) is 2. The molecule has 4 aliphatic rings. The van der Waals surface area contributed by atoms with Gasteiger partial charge in [0.1, 0.15) is 0 Å². The summed E-state index contributed by atoms with van der Waals surface area (Å²) in [4.78, 5) is 3.41. The Morgan fingerprint density at radius 1 is 0.936 bits per heavy atom.